The van der Waals surface area contributed by atoms with Crippen LogP contribution in [0.15, 0.2) is 53.4 Å². The highest BCUT2D eigenvalue weighted by Gasteiger charge is 2.32. The molecule has 0 bridgehead atoms. The third-order valence-electron chi connectivity index (χ3n) is 5.32. The maximum atomic E-state index is 13.3. The number of hydrogen-bond acceptors (Lipinski definition) is 4. The first kappa shape index (κ1) is 21.3. The van der Waals surface area contributed by atoms with Gasteiger partial charge in [0.2, 0.25) is 10.0 Å². The van der Waals surface area contributed by atoms with E-state index in [1.54, 1.807) is 12.1 Å². The molecule has 0 aliphatic carbocycles. The molecular formula is C22H28N2O4S. The number of ether oxygens (including phenoxy) is 1. The van der Waals surface area contributed by atoms with Gasteiger partial charge in [-0.05, 0) is 55.9 Å². The van der Waals surface area contributed by atoms with E-state index in [1.165, 1.54) is 23.0 Å². The molecule has 1 saturated heterocycles. The molecule has 1 aliphatic heterocycles. The zero-order valence-corrected chi connectivity index (χ0v) is 17.7. The molecule has 1 aliphatic rings. The Kier molecular flexibility index (Phi) is 6.92. The van der Waals surface area contributed by atoms with Crippen molar-refractivity contribution in [2.75, 3.05) is 26.7 Å². The van der Waals surface area contributed by atoms with Crippen LogP contribution >= 0.6 is 0 Å². The molecule has 1 N–H and O–H groups in total. The fraction of sp³-hybridized carbons (Fsp3) is 0.409. The van der Waals surface area contributed by atoms with Crippen LogP contribution < -0.4 is 10.1 Å². The van der Waals surface area contributed by atoms with Gasteiger partial charge in [0.1, 0.15) is 10.6 Å². The monoisotopic (exact) mass is 416 g/mol. The highest BCUT2D eigenvalue weighted by Crippen LogP contribution is 2.31. The molecule has 1 fully saturated rings. The van der Waals surface area contributed by atoms with Crippen molar-refractivity contribution in [1.29, 1.82) is 0 Å². The van der Waals surface area contributed by atoms with Crippen molar-refractivity contribution >= 4 is 15.9 Å². The van der Waals surface area contributed by atoms with Crippen LogP contribution in [0.1, 0.15) is 35.7 Å². The lowest BCUT2D eigenvalue weighted by molar-refractivity contribution is 0.0955. The van der Waals surface area contributed by atoms with E-state index in [9.17, 15) is 13.2 Å². The molecule has 2 aromatic rings. The van der Waals surface area contributed by atoms with Crippen molar-refractivity contribution in [3.05, 3.63) is 59.7 Å². The molecule has 7 heteroatoms. The minimum atomic E-state index is -3.74. The number of hydrogen-bond donors (Lipinski definition) is 1. The largest absolute Gasteiger partial charge is 0.495 e. The van der Waals surface area contributed by atoms with Gasteiger partial charge in [0.05, 0.1) is 7.11 Å². The molecule has 6 nitrogen and oxygen atoms in total. The zero-order valence-electron chi connectivity index (χ0n) is 16.9. The third-order valence-corrected chi connectivity index (χ3v) is 7.24. The van der Waals surface area contributed by atoms with Gasteiger partial charge in [-0.3, -0.25) is 4.79 Å². The van der Waals surface area contributed by atoms with Gasteiger partial charge < -0.3 is 10.1 Å². The first-order valence-corrected chi connectivity index (χ1v) is 11.4. The van der Waals surface area contributed by atoms with Crippen molar-refractivity contribution in [3.8, 4) is 5.75 Å². The van der Waals surface area contributed by atoms with Crippen LogP contribution in [0.2, 0.25) is 0 Å². The standard InChI is InChI=1S/C22H28N2O4S/c1-3-23-22(25)19-9-10-20(28-2)21(16-19)29(26,27)24-13-11-18(12-14-24)15-17-7-5-4-6-8-17/h4-10,16,18H,3,11-15H2,1-2H3,(H,23,25). The maximum Gasteiger partial charge on any atom is 0.251 e. The normalized spacial score (nSPS) is 15.8. The Morgan fingerprint density at radius 3 is 2.45 bits per heavy atom. The van der Waals surface area contributed by atoms with Gasteiger partial charge in [-0.25, -0.2) is 8.42 Å². The number of piperidine rings is 1. The van der Waals surface area contributed by atoms with Gasteiger partial charge in [0, 0.05) is 25.2 Å². The van der Waals surface area contributed by atoms with E-state index < -0.39 is 10.0 Å². The highest BCUT2D eigenvalue weighted by atomic mass is 32.2. The Labute approximate surface area is 172 Å². The molecule has 3 rings (SSSR count). The number of benzene rings is 2. The molecule has 0 saturated carbocycles. The van der Waals surface area contributed by atoms with E-state index in [-0.39, 0.29) is 16.6 Å². The van der Waals surface area contributed by atoms with Crippen LogP contribution in [0.4, 0.5) is 0 Å². The molecule has 156 valence electrons. The van der Waals surface area contributed by atoms with Crippen molar-refractivity contribution < 1.29 is 17.9 Å². The number of carbonyl (C=O) groups is 1. The van der Waals surface area contributed by atoms with Gasteiger partial charge in [0.25, 0.3) is 5.91 Å². The molecule has 2 aromatic carbocycles. The van der Waals surface area contributed by atoms with E-state index in [0.29, 0.717) is 31.1 Å². The van der Waals surface area contributed by atoms with E-state index in [1.807, 2.05) is 25.1 Å². The predicted molar refractivity (Wildman–Crippen MR) is 113 cm³/mol. The Morgan fingerprint density at radius 1 is 1.14 bits per heavy atom. The minimum Gasteiger partial charge on any atom is -0.495 e. The van der Waals surface area contributed by atoms with Gasteiger partial charge in [-0.1, -0.05) is 30.3 Å². The van der Waals surface area contributed by atoms with E-state index in [0.717, 1.165) is 19.3 Å². The smallest absolute Gasteiger partial charge is 0.251 e. The summed E-state index contributed by atoms with van der Waals surface area (Å²) >= 11 is 0. The molecule has 0 unspecified atom stereocenters. The van der Waals surface area contributed by atoms with Gasteiger partial charge in [0.15, 0.2) is 0 Å². The van der Waals surface area contributed by atoms with E-state index in [2.05, 4.69) is 17.4 Å². The zero-order chi connectivity index (χ0) is 20.9. The first-order valence-electron chi connectivity index (χ1n) is 9.96. The second-order valence-electron chi connectivity index (χ2n) is 7.26. The lowest BCUT2D eigenvalue weighted by Gasteiger charge is -2.31. The van der Waals surface area contributed by atoms with E-state index in [4.69, 9.17) is 4.74 Å². The van der Waals surface area contributed by atoms with Crippen LogP contribution in [-0.4, -0.2) is 45.4 Å². The molecule has 1 amide bonds. The maximum absolute atomic E-state index is 13.3. The fourth-order valence-corrected chi connectivity index (χ4v) is 5.37. The van der Waals surface area contributed by atoms with Crippen LogP contribution in [0.5, 0.6) is 5.75 Å². The van der Waals surface area contributed by atoms with Crippen LogP contribution in [0.3, 0.4) is 0 Å². The van der Waals surface area contributed by atoms with Crippen molar-refractivity contribution in [1.82, 2.24) is 9.62 Å². The second kappa shape index (κ2) is 9.41. The molecule has 0 spiro atoms. The summed E-state index contributed by atoms with van der Waals surface area (Å²) in [6.45, 7) is 3.23. The summed E-state index contributed by atoms with van der Waals surface area (Å²) in [6.07, 6.45) is 2.59. The molecule has 0 atom stereocenters. The number of nitrogens with zero attached hydrogens (tertiary/aromatic N) is 1. The lowest BCUT2D eigenvalue weighted by Crippen LogP contribution is -2.39. The van der Waals surface area contributed by atoms with Crippen molar-refractivity contribution in [2.24, 2.45) is 5.92 Å². The molecular weight excluding hydrogens is 388 g/mol. The molecule has 1 heterocycles. The summed E-state index contributed by atoms with van der Waals surface area (Å²) in [5, 5.41) is 2.70. The number of rotatable bonds is 7. The predicted octanol–water partition coefficient (Wildman–Crippen LogP) is 3.09. The Hall–Kier alpha value is -2.38. The second-order valence-corrected chi connectivity index (χ2v) is 9.17. The average molecular weight is 417 g/mol. The number of sulfonamides is 1. The summed E-state index contributed by atoms with van der Waals surface area (Å²) in [7, 11) is -2.31. The van der Waals surface area contributed by atoms with Crippen molar-refractivity contribution in [2.45, 2.75) is 31.1 Å². The number of nitrogens with one attached hydrogen (secondary N) is 1. The first-order chi connectivity index (χ1) is 14.0. The molecule has 0 radical (unpaired) electrons. The number of carbonyl (C=O) groups excluding carboxylic acids is 1. The minimum absolute atomic E-state index is 0.0465. The van der Waals surface area contributed by atoms with Crippen molar-refractivity contribution in [3.63, 3.8) is 0 Å². The Balaban J connectivity index is 1.75. The van der Waals surface area contributed by atoms with Crippen LogP contribution in [0.25, 0.3) is 0 Å². The number of amides is 1. The summed E-state index contributed by atoms with van der Waals surface area (Å²) in [5.41, 5.74) is 1.59. The van der Waals surface area contributed by atoms with Crippen LogP contribution in [-0.2, 0) is 16.4 Å². The lowest BCUT2D eigenvalue weighted by atomic mass is 9.91. The molecule has 0 aromatic heterocycles. The SMILES string of the molecule is CCNC(=O)c1ccc(OC)c(S(=O)(=O)N2CCC(Cc3ccccc3)CC2)c1. The van der Waals surface area contributed by atoms with E-state index >= 15 is 0 Å². The fourth-order valence-electron chi connectivity index (χ4n) is 3.72. The van der Waals surface area contributed by atoms with Crippen LogP contribution in [0, 0.1) is 5.92 Å². The quantitative estimate of drug-likeness (QED) is 0.753. The third kappa shape index (κ3) is 4.97. The van der Waals surface area contributed by atoms with Gasteiger partial charge >= 0.3 is 0 Å². The van der Waals surface area contributed by atoms with Gasteiger partial charge in [-0.15, -0.1) is 0 Å². The van der Waals surface area contributed by atoms with Gasteiger partial charge in [-0.2, -0.15) is 4.31 Å². The number of methoxy groups -OCH3 is 1. The molecule has 29 heavy (non-hydrogen) atoms. The Bertz CT molecular complexity index is 937. The average Bonchev–Trinajstić information content (AvgIpc) is 2.74. The summed E-state index contributed by atoms with van der Waals surface area (Å²) < 4.78 is 33.3. The summed E-state index contributed by atoms with van der Waals surface area (Å²) in [6, 6.07) is 14.8. The topological polar surface area (TPSA) is 75.7 Å². The Morgan fingerprint density at radius 2 is 1.83 bits per heavy atom. The highest BCUT2D eigenvalue weighted by molar-refractivity contribution is 7.89. The summed E-state index contributed by atoms with van der Waals surface area (Å²) in [5.74, 6) is 0.421. The summed E-state index contributed by atoms with van der Waals surface area (Å²) in [4.78, 5) is 12.2.